The van der Waals surface area contributed by atoms with Crippen LogP contribution >= 0.6 is 0 Å². The number of imide groups is 1. The third kappa shape index (κ3) is 3.87. The molecule has 3 amide bonds. The van der Waals surface area contributed by atoms with Gasteiger partial charge >= 0.3 is 6.03 Å². The Morgan fingerprint density at radius 1 is 1.25 bits per heavy atom. The number of nitrogens with one attached hydrogen (secondary N) is 1. The van der Waals surface area contributed by atoms with Crippen LogP contribution in [0.2, 0.25) is 0 Å². The smallest absolute Gasteiger partial charge is 0.324 e. The summed E-state index contributed by atoms with van der Waals surface area (Å²) in [5, 5.41) is 2.56. The largest absolute Gasteiger partial charge is 0.370 e. The minimum Gasteiger partial charge on any atom is -0.370 e. The summed E-state index contributed by atoms with van der Waals surface area (Å²) in [5.41, 5.74) is 1.29. The summed E-state index contributed by atoms with van der Waals surface area (Å²) in [4.78, 5) is 29.3. The lowest BCUT2D eigenvalue weighted by atomic mass is 10.0. The second kappa shape index (κ2) is 7.66. The van der Waals surface area contributed by atoms with Crippen LogP contribution in [0.25, 0.3) is 0 Å². The van der Waals surface area contributed by atoms with E-state index in [0.717, 1.165) is 26.1 Å². The highest BCUT2D eigenvalue weighted by molar-refractivity contribution is 6.01. The molecule has 2 aliphatic rings. The first-order chi connectivity index (χ1) is 11.6. The van der Waals surface area contributed by atoms with Crippen molar-refractivity contribution in [2.24, 2.45) is 0 Å². The average molecular weight is 330 g/mol. The van der Waals surface area contributed by atoms with Crippen molar-refractivity contribution in [1.29, 1.82) is 0 Å². The van der Waals surface area contributed by atoms with E-state index in [1.807, 2.05) is 6.07 Å². The summed E-state index contributed by atoms with van der Waals surface area (Å²) >= 11 is 0. The number of rotatable bonds is 6. The van der Waals surface area contributed by atoms with E-state index in [9.17, 15) is 9.59 Å². The molecule has 2 heterocycles. The van der Waals surface area contributed by atoms with E-state index in [2.05, 4.69) is 46.4 Å². The fraction of sp³-hybridized carbons (Fsp3) is 0.556. The summed E-state index contributed by atoms with van der Waals surface area (Å²) < 4.78 is 0. The lowest BCUT2D eigenvalue weighted by Gasteiger charge is -2.39. The van der Waals surface area contributed by atoms with Gasteiger partial charge in [0.1, 0.15) is 0 Å². The number of benzene rings is 1. The second-order valence-electron chi connectivity index (χ2n) is 6.62. The van der Waals surface area contributed by atoms with Crippen molar-refractivity contribution in [1.82, 2.24) is 15.1 Å². The van der Waals surface area contributed by atoms with Gasteiger partial charge in [0.25, 0.3) is 0 Å². The predicted octanol–water partition coefficient (Wildman–Crippen LogP) is 1.53. The van der Waals surface area contributed by atoms with Crippen molar-refractivity contribution in [3.8, 4) is 0 Å². The highest BCUT2D eigenvalue weighted by Crippen LogP contribution is 2.21. The number of hydrogen-bond donors (Lipinski definition) is 1. The minimum atomic E-state index is -0.254. The summed E-state index contributed by atoms with van der Waals surface area (Å²) in [6.07, 6.45) is 3.21. The number of amides is 3. The number of likely N-dealkylation sites (N-methyl/N-ethyl adjacent to an activating group) is 1. The first-order valence-electron chi connectivity index (χ1n) is 8.73. The molecule has 0 bridgehead atoms. The van der Waals surface area contributed by atoms with Gasteiger partial charge in [-0.15, -0.1) is 0 Å². The predicted molar refractivity (Wildman–Crippen MR) is 94.0 cm³/mol. The Labute approximate surface area is 143 Å². The van der Waals surface area contributed by atoms with Crippen LogP contribution in [0, 0.1) is 0 Å². The van der Waals surface area contributed by atoms with E-state index in [-0.39, 0.29) is 18.5 Å². The fourth-order valence-electron chi connectivity index (χ4n) is 3.53. The lowest BCUT2D eigenvalue weighted by molar-refractivity contribution is -0.125. The molecule has 6 heteroatoms. The minimum absolute atomic E-state index is 0.115. The quantitative estimate of drug-likeness (QED) is 0.804. The van der Waals surface area contributed by atoms with Crippen molar-refractivity contribution in [3.63, 3.8) is 0 Å². The van der Waals surface area contributed by atoms with Gasteiger partial charge in [-0.2, -0.15) is 0 Å². The summed E-state index contributed by atoms with van der Waals surface area (Å²) in [7, 11) is 2.14. The molecule has 0 aromatic heterocycles. The van der Waals surface area contributed by atoms with E-state index >= 15 is 0 Å². The van der Waals surface area contributed by atoms with Crippen LogP contribution in [-0.4, -0.2) is 67.6 Å². The zero-order valence-corrected chi connectivity index (χ0v) is 14.3. The first-order valence-corrected chi connectivity index (χ1v) is 8.73. The molecule has 1 aromatic carbocycles. The standard InChI is InChI=1S/C18H26N4O2/c1-20(10-6-12-22-17(23)13-19-18(22)24)16-9-5-11-21(14-16)15-7-3-2-4-8-15/h2-4,7-8,16H,5-6,9-14H2,1H3,(H,19,24)/t16-/m0/s1. The second-order valence-corrected chi connectivity index (χ2v) is 6.62. The molecule has 0 spiro atoms. The fourth-order valence-corrected chi connectivity index (χ4v) is 3.53. The van der Waals surface area contributed by atoms with Crippen LogP contribution < -0.4 is 10.2 Å². The van der Waals surface area contributed by atoms with E-state index < -0.39 is 0 Å². The number of hydrogen-bond acceptors (Lipinski definition) is 4. The molecule has 0 aliphatic carbocycles. The SMILES string of the molecule is CN(CCCN1C(=O)CNC1=O)[C@H]1CCCN(c2ccccc2)C1. The number of para-hydroxylation sites is 1. The number of carbonyl (C=O) groups is 2. The molecule has 1 atom stereocenters. The van der Waals surface area contributed by atoms with Gasteiger partial charge < -0.3 is 15.1 Å². The normalized spacial score (nSPS) is 21.5. The van der Waals surface area contributed by atoms with E-state index in [1.54, 1.807) is 0 Å². The number of anilines is 1. The summed E-state index contributed by atoms with van der Waals surface area (Å²) in [6.45, 7) is 3.68. The van der Waals surface area contributed by atoms with Gasteiger partial charge in [-0.1, -0.05) is 18.2 Å². The molecule has 1 N–H and O–H groups in total. The van der Waals surface area contributed by atoms with Gasteiger partial charge in [0.05, 0.1) is 6.54 Å². The highest BCUT2D eigenvalue weighted by Gasteiger charge is 2.28. The lowest BCUT2D eigenvalue weighted by Crippen LogP contribution is -2.47. The van der Waals surface area contributed by atoms with Crippen LogP contribution in [0.5, 0.6) is 0 Å². The summed E-state index contributed by atoms with van der Waals surface area (Å²) in [6, 6.07) is 10.8. The number of piperidine rings is 1. The molecule has 3 rings (SSSR count). The number of nitrogens with zero attached hydrogens (tertiary/aromatic N) is 3. The van der Waals surface area contributed by atoms with Crippen LogP contribution in [0.15, 0.2) is 30.3 Å². The Kier molecular flexibility index (Phi) is 5.35. The van der Waals surface area contributed by atoms with Crippen LogP contribution in [0.1, 0.15) is 19.3 Å². The maximum atomic E-state index is 11.6. The molecule has 0 radical (unpaired) electrons. The molecule has 130 valence electrons. The molecule has 2 aliphatic heterocycles. The monoisotopic (exact) mass is 330 g/mol. The van der Waals surface area contributed by atoms with Gasteiger partial charge in [-0.05, 0) is 45.0 Å². The molecule has 1 aromatic rings. The topological polar surface area (TPSA) is 55.9 Å². The Balaban J connectivity index is 1.47. The third-order valence-corrected chi connectivity index (χ3v) is 4.97. The van der Waals surface area contributed by atoms with Crippen LogP contribution in [-0.2, 0) is 4.79 Å². The maximum Gasteiger partial charge on any atom is 0.324 e. The van der Waals surface area contributed by atoms with Crippen molar-refractivity contribution in [2.75, 3.05) is 44.7 Å². The summed E-state index contributed by atoms with van der Waals surface area (Å²) in [5.74, 6) is -0.115. The molecule has 2 saturated heterocycles. The molecule has 2 fully saturated rings. The highest BCUT2D eigenvalue weighted by atomic mass is 16.2. The van der Waals surface area contributed by atoms with Crippen molar-refractivity contribution in [2.45, 2.75) is 25.3 Å². The molecule has 6 nitrogen and oxygen atoms in total. The molecular formula is C18H26N4O2. The van der Waals surface area contributed by atoms with E-state index in [1.165, 1.54) is 23.4 Å². The van der Waals surface area contributed by atoms with Gasteiger partial charge in [0.2, 0.25) is 5.91 Å². The Morgan fingerprint density at radius 2 is 2.04 bits per heavy atom. The zero-order chi connectivity index (χ0) is 16.9. The van der Waals surface area contributed by atoms with Gasteiger partial charge in [0.15, 0.2) is 0 Å². The number of carbonyl (C=O) groups excluding carboxylic acids is 2. The Bertz CT molecular complexity index is 562. The van der Waals surface area contributed by atoms with E-state index in [4.69, 9.17) is 0 Å². The first kappa shape index (κ1) is 16.8. The van der Waals surface area contributed by atoms with Gasteiger partial charge in [-0.25, -0.2) is 4.79 Å². The van der Waals surface area contributed by atoms with Gasteiger partial charge in [0, 0.05) is 31.4 Å². The van der Waals surface area contributed by atoms with Crippen molar-refractivity contribution >= 4 is 17.6 Å². The Morgan fingerprint density at radius 3 is 2.75 bits per heavy atom. The number of urea groups is 1. The van der Waals surface area contributed by atoms with Gasteiger partial charge in [-0.3, -0.25) is 9.69 Å². The van der Waals surface area contributed by atoms with Crippen molar-refractivity contribution < 1.29 is 9.59 Å². The molecule has 24 heavy (non-hydrogen) atoms. The third-order valence-electron chi connectivity index (χ3n) is 4.97. The van der Waals surface area contributed by atoms with Crippen LogP contribution in [0.4, 0.5) is 10.5 Å². The molecule has 0 saturated carbocycles. The van der Waals surface area contributed by atoms with E-state index in [0.29, 0.717) is 12.6 Å². The molecule has 0 unspecified atom stereocenters. The van der Waals surface area contributed by atoms with Crippen molar-refractivity contribution in [3.05, 3.63) is 30.3 Å². The maximum absolute atomic E-state index is 11.6. The zero-order valence-electron chi connectivity index (χ0n) is 14.3. The average Bonchev–Trinajstić information content (AvgIpc) is 2.94. The van der Waals surface area contributed by atoms with Crippen LogP contribution in [0.3, 0.4) is 0 Å². The Hall–Kier alpha value is -2.08. The molecular weight excluding hydrogens is 304 g/mol.